The van der Waals surface area contributed by atoms with Crippen molar-refractivity contribution in [3.05, 3.63) is 70.7 Å². The van der Waals surface area contributed by atoms with E-state index in [9.17, 15) is 9.90 Å². The first kappa shape index (κ1) is 16.0. The quantitative estimate of drug-likeness (QED) is 0.937. The van der Waals surface area contributed by atoms with Crippen molar-refractivity contribution in [2.45, 2.75) is 18.8 Å². The van der Waals surface area contributed by atoms with Gasteiger partial charge in [0, 0.05) is 18.1 Å². The van der Waals surface area contributed by atoms with Crippen LogP contribution in [0.25, 0.3) is 0 Å². The lowest BCUT2D eigenvalue weighted by molar-refractivity contribution is -0.164. The van der Waals surface area contributed by atoms with Crippen LogP contribution in [0.15, 0.2) is 54.6 Å². The predicted molar refractivity (Wildman–Crippen MR) is 88.0 cm³/mol. The van der Waals surface area contributed by atoms with Gasteiger partial charge in [-0.25, -0.2) is 0 Å². The number of hydrogen-bond donors (Lipinski definition) is 1. The lowest BCUT2D eigenvalue weighted by Gasteiger charge is -2.34. The summed E-state index contributed by atoms with van der Waals surface area (Å²) >= 11 is 5.86. The first-order valence-electron chi connectivity index (χ1n) is 7.53. The van der Waals surface area contributed by atoms with Crippen LogP contribution in [0.2, 0.25) is 5.02 Å². The van der Waals surface area contributed by atoms with E-state index in [0.717, 1.165) is 5.56 Å². The molecule has 120 valence electrons. The largest absolute Gasteiger partial charge is 0.385 e. The van der Waals surface area contributed by atoms with E-state index in [1.54, 1.807) is 29.2 Å². The molecule has 0 aromatic heterocycles. The number of aliphatic hydroxyl groups excluding tert-OH is 1. The second kappa shape index (κ2) is 7.13. The highest BCUT2D eigenvalue weighted by Crippen LogP contribution is 2.25. The van der Waals surface area contributed by atoms with Gasteiger partial charge in [0.05, 0.1) is 6.61 Å². The molecule has 5 heteroatoms. The fourth-order valence-electron chi connectivity index (χ4n) is 2.67. The molecule has 1 aliphatic rings. The molecule has 0 aliphatic carbocycles. The minimum Gasteiger partial charge on any atom is -0.385 e. The molecule has 3 rings (SSSR count). The molecule has 1 amide bonds. The number of morpholine rings is 1. The SMILES string of the molecule is O=C1[C@@H](C(O)c2ccc(Cl)cc2)OCCN1Cc1ccccc1. The number of ether oxygens (including phenoxy) is 1. The smallest absolute Gasteiger partial charge is 0.255 e. The van der Waals surface area contributed by atoms with Crippen LogP contribution >= 0.6 is 11.6 Å². The molecule has 0 radical (unpaired) electrons. The summed E-state index contributed by atoms with van der Waals surface area (Å²) in [6.07, 6.45) is -1.88. The molecule has 4 nitrogen and oxygen atoms in total. The monoisotopic (exact) mass is 331 g/mol. The van der Waals surface area contributed by atoms with Crippen molar-refractivity contribution in [2.75, 3.05) is 13.2 Å². The molecule has 2 aromatic carbocycles. The molecule has 1 saturated heterocycles. The molecule has 2 atom stereocenters. The molecule has 0 saturated carbocycles. The normalized spacial score (nSPS) is 19.7. The number of halogens is 1. The Kier molecular flexibility index (Phi) is 4.96. The van der Waals surface area contributed by atoms with Gasteiger partial charge in [0.2, 0.25) is 0 Å². The third kappa shape index (κ3) is 3.72. The molecular formula is C18H18ClNO3. The van der Waals surface area contributed by atoms with Gasteiger partial charge >= 0.3 is 0 Å². The molecule has 1 heterocycles. The van der Waals surface area contributed by atoms with Gasteiger partial charge in [-0.1, -0.05) is 54.1 Å². The summed E-state index contributed by atoms with van der Waals surface area (Å²) in [6.45, 7) is 1.46. The molecule has 1 unspecified atom stereocenters. The second-order valence-electron chi connectivity index (χ2n) is 5.53. The summed E-state index contributed by atoms with van der Waals surface area (Å²) in [7, 11) is 0. The van der Waals surface area contributed by atoms with E-state index in [1.165, 1.54) is 0 Å². The van der Waals surface area contributed by atoms with Crippen LogP contribution in [0.3, 0.4) is 0 Å². The highest BCUT2D eigenvalue weighted by atomic mass is 35.5. The maximum Gasteiger partial charge on any atom is 0.255 e. The topological polar surface area (TPSA) is 49.8 Å². The number of rotatable bonds is 4. The van der Waals surface area contributed by atoms with E-state index in [0.29, 0.717) is 30.3 Å². The zero-order valence-electron chi connectivity index (χ0n) is 12.6. The molecule has 1 aliphatic heterocycles. The number of amides is 1. The Hall–Kier alpha value is -1.88. The first-order valence-corrected chi connectivity index (χ1v) is 7.91. The number of carbonyl (C=O) groups is 1. The third-order valence-corrected chi connectivity index (χ3v) is 4.18. The zero-order chi connectivity index (χ0) is 16.2. The standard InChI is InChI=1S/C18H18ClNO3/c19-15-8-6-14(7-9-15)16(21)17-18(22)20(10-11-23-17)12-13-4-2-1-3-5-13/h1-9,16-17,21H,10-12H2/t16?,17-/m1/s1. The number of aliphatic hydroxyl groups is 1. The summed E-state index contributed by atoms with van der Waals surface area (Å²) in [5, 5.41) is 11.1. The average Bonchev–Trinajstić information content (AvgIpc) is 2.58. The van der Waals surface area contributed by atoms with Crippen LogP contribution in [-0.2, 0) is 16.1 Å². The Labute approximate surface area is 140 Å². The Balaban J connectivity index is 1.72. The van der Waals surface area contributed by atoms with Crippen molar-refractivity contribution < 1.29 is 14.6 Å². The van der Waals surface area contributed by atoms with E-state index >= 15 is 0 Å². The van der Waals surface area contributed by atoms with Gasteiger partial charge in [-0.2, -0.15) is 0 Å². The van der Waals surface area contributed by atoms with Crippen molar-refractivity contribution in [3.8, 4) is 0 Å². The van der Waals surface area contributed by atoms with E-state index in [2.05, 4.69) is 0 Å². The summed E-state index contributed by atoms with van der Waals surface area (Å²) in [5.41, 5.74) is 1.68. The van der Waals surface area contributed by atoms with E-state index in [4.69, 9.17) is 16.3 Å². The lowest BCUT2D eigenvalue weighted by Crippen LogP contribution is -2.49. The summed E-state index contributed by atoms with van der Waals surface area (Å²) in [6, 6.07) is 16.6. The van der Waals surface area contributed by atoms with E-state index in [-0.39, 0.29) is 5.91 Å². The maximum absolute atomic E-state index is 12.6. The Morgan fingerprint density at radius 3 is 2.57 bits per heavy atom. The predicted octanol–water partition coefficient (Wildman–Crippen LogP) is 2.80. The number of hydrogen-bond acceptors (Lipinski definition) is 3. The van der Waals surface area contributed by atoms with Crippen molar-refractivity contribution in [3.63, 3.8) is 0 Å². The highest BCUT2D eigenvalue weighted by Gasteiger charge is 2.35. The van der Waals surface area contributed by atoms with Gasteiger partial charge in [0.1, 0.15) is 6.10 Å². The van der Waals surface area contributed by atoms with Crippen molar-refractivity contribution >= 4 is 17.5 Å². The summed E-state index contributed by atoms with van der Waals surface area (Å²) in [5.74, 6) is -0.192. The van der Waals surface area contributed by atoms with Gasteiger partial charge < -0.3 is 14.7 Å². The molecule has 23 heavy (non-hydrogen) atoms. The van der Waals surface area contributed by atoms with Crippen molar-refractivity contribution in [1.82, 2.24) is 4.90 Å². The van der Waals surface area contributed by atoms with Gasteiger partial charge in [-0.05, 0) is 23.3 Å². The summed E-state index contributed by atoms with van der Waals surface area (Å²) < 4.78 is 5.53. The number of nitrogens with zero attached hydrogens (tertiary/aromatic N) is 1. The molecule has 1 fully saturated rings. The van der Waals surface area contributed by atoms with Crippen molar-refractivity contribution in [1.29, 1.82) is 0 Å². The third-order valence-electron chi connectivity index (χ3n) is 3.93. The van der Waals surface area contributed by atoms with Gasteiger partial charge in [0.25, 0.3) is 5.91 Å². The molecule has 2 aromatic rings. The van der Waals surface area contributed by atoms with Crippen LogP contribution in [0.5, 0.6) is 0 Å². The van der Waals surface area contributed by atoms with Gasteiger partial charge in [-0.3, -0.25) is 4.79 Å². The minimum atomic E-state index is -1.00. The average molecular weight is 332 g/mol. The first-order chi connectivity index (χ1) is 11.1. The maximum atomic E-state index is 12.6. The Morgan fingerprint density at radius 1 is 1.17 bits per heavy atom. The van der Waals surface area contributed by atoms with E-state index in [1.807, 2.05) is 30.3 Å². The molecule has 1 N–H and O–H groups in total. The van der Waals surface area contributed by atoms with Crippen LogP contribution in [-0.4, -0.2) is 35.2 Å². The number of benzene rings is 2. The van der Waals surface area contributed by atoms with Crippen LogP contribution in [0, 0.1) is 0 Å². The molecule has 0 spiro atoms. The lowest BCUT2D eigenvalue weighted by atomic mass is 10.0. The fraction of sp³-hybridized carbons (Fsp3) is 0.278. The highest BCUT2D eigenvalue weighted by molar-refractivity contribution is 6.30. The van der Waals surface area contributed by atoms with Gasteiger partial charge in [0.15, 0.2) is 6.10 Å². The second-order valence-corrected chi connectivity index (χ2v) is 5.97. The minimum absolute atomic E-state index is 0.192. The zero-order valence-corrected chi connectivity index (χ0v) is 13.3. The Morgan fingerprint density at radius 2 is 1.87 bits per heavy atom. The summed E-state index contributed by atoms with van der Waals surface area (Å²) in [4.78, 5) is 14.4. The van der Waals surface area contributed by atoms with E-state index < -0.39 is 12.2 Å². The Bertz CT molecular complexity index is 660. The van der Waals surface area contributed by atoms with Crippen LogP contribution in [0.4, 0.5) is 0 Å². The van der Waals surface area contributed by atoms with Crippen LogP contribution in [0.1, 0.15) is 17.2 Å². The van der Waals surface area contributed by atoms with Crippen LogP contribution < -0.4 is 0 Å². The van der Waals surface area contributed by atoms with Gasteiger partial charge in [-0.15, -0.1) is 0 Å². The fourth-order valence-corrected chi connectivity index (χ4v) is 2.80. The molecule has 0 bridgehead atoms. The van der Waals surface area contributed by atoms with Crippen molar-refractivity contribution in [2.24, 2.45) is 0 Å². The molecular weight excluding hydrogens is 314 g/mol. The number of carbonyl (C=O) groups excluding carboxylic acids is 1.